The number of halogens is 2. The second-order valence-electron chi connectivity index (χ2n) is 8.90. The number of hydrogen-bond acceptors (Lipinski definition) is 8. The predicted octanol–water partition coefficient (Wildman–Crippen LogP) is 4.59. The molecule has 2 aliphatic rings. The standard InChI is InChI=1S/C24H25F2N5O2S/c1-12-20-23(2,31-22(27)34-24(12,20)11-32-3)16-8-14(9-17(25)18(16)26)30-21-19-13(5-6-28-21)7-15(33-4)10-29-19/h5-10,12,20H,11H2,1-4H3,(H2,27,31)(H,28,30)/t12?,20?,23-,24+/m1/s1. The van der Waals surface area contributed by atoms with Gasteiger partial charge in [0, 0.05) is 41.9 Å². The minimum atomic E-state index is -1.05. The molecule has 4 atom stereocenters. The maximum Gasteiger partial charge on any atom is 0.164 e. The zero-order chi connectivity index (χ0) is 24.3. The lowest BCUT2D eigenvalue weighted by atomic mass is 9.84. The van der Waals surface area contributed by atoms with Gasteiger partial charge in [0.2, 0.25) is 0 Å². The summed E-state index contributed by atoms with van der Waals surface area (Å²) in [5.41, 5.74) is 6.18. The Morgan fingerprint density at radius 2 is 2.00 bits per heavy atom. The molecule has 0 amide bonds. The number of nitrogens with one attached hydrogen (secondary N) is 1. The Labute approximate surface area is 200 Å². The largest absolute Gasteiger partial charge is 0.495 e. The van der Waals surface area contributed by atoms with Crippen LogP contribution in [-0.4, -0.2) is 40.7 Å². The molecule has 3 aromatic rings. The number of pyridine rings is 2. The second-order valence-corrected chi connectivity index (χ2v) is 10.3. The molecule has 1 aromatic carbocycles. The first-order chi connectivity index (χ1) is 16.2. The molecule has 0 radical (unpaired) electrons. The lowest BCUT2D eigenvalue weighted by molar-refractivity contribution is 0.183. The quantitative estimate of drug-likeness (QED) is 0.527. The van der Waals surface area contributed by atoms with Crippen LogP contribution < -0.4 is 15.8 Å². The summed E-state index contributed by atoms with van der Waals surface area (Å²) in [6.07, 6.45) is 3.19. The number of nitrogens with zero attached hydrogens (tertiary/aromatic N) is 3. The molecule has 0 spiro atoms. The van der Waals surface area contributed by atoms with Gasteiger partial charge in [-0.1, -0.05) is 18.7 Å². The number of nitrogens with two attached hydrogens (primary N) is 1. The van der Waals surface area contributed by atoms with Crippen molar-refractivity contribution < 1.29 is 18.3 Å². The molecule has 3 heterocycles. The molecular formula is C24H25F2N5O2S. The number of methoxy groups -OCH3 is 2. The number of rotatable bonds is 6. The molecule has 3 N–H and O–H groups in total. The molecule has 1 aliphatic heterocycles. The van der Waals surface area contributed by atoms with E-state index >= 15 is 4.39 Å². The van der Waals surface area contributed by atoms with E-state index in [0.29, 0.717) is 34.5 Å². The van der Waals surface area contributed by atoms with Crippen molar-refractivity contribution in [3.8, 4) is 5.75 Å². The minimum Gasteiger partial charge on any atom is -0.495 e. The van der Waals surface area contributed by atoms with E-state index in [0.717, 1.165) is 11.5 Å². The van der Waals surface area contributed by atoms with Crippen LogP contribution in [0.3, 0.4) is 0 Å². The number of benzene rings is 1. The van der Waals surface area contributed by atoms with Gasteiger partial charge in [-0.2, -0.15) is 0 Å². The zero-order valence-corrected chi connectivity index (χ0v) is 20.0. The molecule has 1 fully saturated rings. The molecule has 5 rings (SSSR count). The average molecular weight is 486 g/mol. The molecule has 1 saturated carbocycles. The van der Waals surface area contributed by atoms with Crippen LogP contribution in [0.25, 0.3) is 10.9 Å². The van der Waals surface area contributed by atoms with Crippen LogP contribution in [-0.2, 0) is 10.3 Å². The zero-order valence-electron chi connectivity index (χ0n) is 19.2. The molecule has 2 unspecified atom stereocenters. The van der Waals surface area contributed by atoms with E-state index in [4.69, 9.17) is 15.2 Å². The summed E-state index contributed by atoms with van der Waals surface area (Å²) in [7, 11) is 3.19. The maximum absolute atomic E-state index is 15.3. The Morgan fingerprint density at radius 1 is 1.21 bits per heavy atom. The van der Waals surface area contributed by atoms with Crippen LogP contribution in [0.4, 0.5) is 20.3 Å². The first kappa shape index (κ1) is 22.8. The van der Waals surface area contributed by atoms with E-state index in [1.54, 1.807) is 38.7 Å². The number of aliphatic imine (C=N–C) groups is 1. The van der Waals surface area contributed by atoms with Crippen LogP contribution in [0.5, 0.6) is 5.75 Å². The van der Waals surface area contributed by atoms with Gasteiger partial charge in [-0.05, 0) is 31.0 Å². The Balaban J connectivity index is 1.58. The summed E-state index contributed by atoms with van der Waals surface area (Å²) in [5.74, 6) is -0.796. The van der Waals surface area contributed by atoms with Gasteiger partial charge in [0.1, 0.15) is 11.3 Å². The van der Waals surface area contributed by atoms with Crippen molar-refractivity contribution in [1.82, 2.24) is 9.97 Å². The summed E-state index contributed by atoms with van der Waals surface area (Å²) >= 11 is 1.46. The Morgan fingerprint density at radius 3 is 2.74 bits per heavy atom. The molecule has 0 saturated heterocycles. The third kappa shape index (κ3) is 3.39. The highest BCUT2D eigenvalue weighted by Crippen LogP contribution is 2.69. The number of fused-ring (bicyclic) bond motifs is 2. The normalized spacial score (nSPS) is 27.8. The van der Waals surface area contributed by atoms with Crippen molar-refractivity contribution in [3.63, 3.8) is 0 Å². The third-order valence-corrected chi connectivity index (χ3v) is 8.37. The van der Waals surface area contributed by atoms with E-state index in [9.17, 15) is 4.39 Å². The van der Waals surface area contributed by atoms with Crippen molar-refractivity contribution in [1.29, 1.82) is 0 Å². The molecule has 178 valence electrons. The third-order valence-electron chi connectivity index (χ3n) is 6.95. The topological polar surface area (TPSA) is 94.7 Å². The molecule has 0 bridgehead atoms. The smallest absolute Gasteiger partial charge is 0.164 e. The van der Waals surface area contributed by atoms with Crippen LogP contribution in [0, 0.1) is 23.5 Å². The number of anilines is 2. The van der Waals surface area contributed by atoms with E-state index < -0.39 is 17.2 Å². The van der Waals surface area contributed by atoms with Crippen molar-refractivity contribution in [2.45, 2.75) is 24.1 Å². The van der Waals surface area contributed by atoms with Gasteiger partial charge in [0.15, 0.2) is 22.6 Å². The highest BCUT2D eigenvalue weighted by Gasteiger charge is 2.72. The first-order valence-corrected chi connectivity index (χ1v) is 11.6. The average Bonchev–Trinajstić information content (AvgIpc) is 3.39. The van der Waals surface area contributed by atoms with Gasteiger partial charge in [-0.15, -0.1) is 0 Å². The highest BCUT2D eigenvalue weighted by molar-refractivity contribution is 8.15. The van der Waals surface area contributed by atoms with Crippen molar-refractivity contribution in [3.05, 3.63) is 53.9 Å². The number of aromatic nitrogens is 2. The Kier molecular flexibility index (Phi) is 5.40. The molecule has 2 aromatic heterocycles. The number of ether oxygens (including phenoxy) is 2. The van der Waals surface area contributed by atoms with Crippen molar-refractivity contribution in [2.75, 3.05) is 26.1 Å². The van der Waals surface area contributed by atoms with Gasteiger partial charge in [-0.3, -0.25) is 4.99 Å². The first-order valence-electron chi connectivity index (χ1n) is 10.8. The number of thioether (sulfide) groups is 1. The van der Waals surface area contributed by atoms with E-state index in [1.807, 2.05) is 13.0 Å². The van der Waals surface area contributed by atoms with Crippen LogP contribution in [0.15, 0.2) is 41.7 Å². The second kappa shape index (κ2) is 8.06. The van der Waals surface area contributed by atoms with Crippen molar-refractivity contribution >= 4 is 39.3 Å². The van der Waals surface area contributed by atoms with Gasteiger partial charge >= 0.3 is 0 Å². The fourth-order valence-corrected chi connectivity index (χ4v) is 6.96. The van der Waals surface area contributed by atoms with Crippen LogP contribution in [0.2, 0.25) is 0 Å². The summed E-state index contributed by atoms with van der Waals surface area (Å²) in [4.78, 5) is 13.4. The fourth-order valence-electron chi connectivity index (χ4n) is 5.35. The maximum atomic E-state index is 15.3. The SMILES string of the molecule is COC[C@@]12SC(N)=N[C@](C)(c3cc(Nc4nccc5cc(OC)cnc45)cc(F)c3F)C1C2C. The Hall–Kier alpha value is -2.98. The predicted molar refractivity (Wildman–Crippen MR) is 130 cm³/mol. The van der Waals surface area contributed by atoms with Gasteiger partial charge in [0.25, 0.3) is 0 Å². The van der Waals surface area contributed by atoms with Gasteiger partial charge in [-0.25, -0.2) is 18.7 Å². The molecule has 7 nitrogen and oxygen atoms in total. The number of amidine groups is 1. The molecule has 1 aliphatic carbocycles. The number of hydrogen-bond donors (Lipinski definition) is 2. The summed E-state index contributed by atoms with van der Waals surface area (Å²) in [6, 6.07) is 6.32. The van der Waals surface area contributed by atoms with Crippen molar-refractivity contribution in [2.24, 2.45) is 22.6 Å². The monoisotopic (exact) mass is 485 g/mol. The molecule has 34 heavy (non-hydrogen) atoms. The molecular weight excluding hydrogens is 460 g/mol. The fraction of sp³-hybridized carbons (Fsp3) is 0.375. The van der Waals surface area contributed by atoms with Crippen LogP contribution in [0.1, 0.15) is 19.4 Å². The van der Waals surface area contributed by atoms with E-state index in [1.165, 1.54) is 11.8 Å². The lowest BCUT2D eigenvalue weighted by Crippen LogP contribution is -2.37. The van der Waals surface area contributed by atoms with Gasteiger partial charge < -0.3 is 20.5 Å². The summed E-state index contributed by atoms with van der Waals surface area (Å²) < 4.78 is 40.5. The Bertz CT molecular complexity index is 1320. The molecule has 10 heteroatoms. The summed E-state index contributed by atoms with van der Waals surface area (Å²) in [5, 5.41) is 4.24. The highest BCUT2D eigenvalue weighted by atomic mass is 32.2. The van der Waals surface area contributed by atoms with Gasteiger partial charge in [0.05, 0.1) is 30.2 Å². The summed E-state index contributed by atoms with van der Waals surface area (Å²) in [6.45, 7) is 4.33. The minimum absolute atomic E-state index is 0.0637. The van der Waals surface area contributed by atoms with Crippen LogP contribution >= 0.6 is 11.8 Å². The van der Waals surface area contributed by atoms with E-state index in [-0.39, 0.29) is 22.1 Å². The lowest BCUT2D eigenvalue weighted by Gasteiger charge is -2.34. The van der Waals surface area contributed by atoms with E-state index in [2.05, 4.69) is 27.2 Å².